The first-order valence-corrected chi connectivity index (χ1v) is 13.4. The van der Waals surface area contributed by atoms with Crippen LogP contribution in [0, 0.1) is 0 Å². The van der Waals surface area contributed by atoms with E-state index in [9.17, 15) is 30.0 Å². The van der Waals surface area contributed by atoms with Gasteiger partial charge in [-0.25, -0.2) is 0 Å². The molecular weight excluding hydrogens is 522 g/mol. The van der Waals surface area contributed by atoms with E-state index >= 15 is 0 Å². The summed E-state index contributed by atoms with van der Waals surface area (Å²) >= 11 is 0. The number of ether oxygens (including phenoxy) is 1. The maximum absolute atomic E-state index is 13.1. The van der Waals surface area contributed by atoms with Crippen molar-refractivity contribution in [2.75, 3.05) is 0 Å². The highest BCUT2D eigenvalue weighted by Crippen LogP contribution is 2.45. The van der Waals surface area contributed by atoms with E-state index in [1.807, 2.05) is 91.0 Å². The van der Waals surface area contributed by atoms with Gasteiger partial charge >= 0.3 is 0 Å². The quantitative estimate of drug-likeness (QED) is 0.214. The Hall–Kier alpha value is -4.18. The highest BCUT2D eigenvalue weighted by Gasteiger charge is 2.57. The fourth-order valence-electron chi connectivity index (χ4n) is 6.27. The van der Waals surface area contributed by atoms with Crippen molar-refractivity contribution in [1.29, 1.82) is 0 Å². The number of hydrogen-bond acceptors (Lipinski definition) is 7. The first kappa shape index (κ1) is 27.0. The topological polar surface area (TPSA) is 128 Å². The molecule has 1 saturated heterocycles. The van der Waals surface area contributed by atoms with Crippen LogP contribution in [-0.2, 0) is 10.2 Å². The molecule has 0 saturated carbocycles. The molecule has 1 fully saturated rings. The molecule has 0 radical (unpaired) electrons. The standard InChI is InChI=1S/C33H29NO7/c35-26-25(34-30(38)23-18-10-11-19-24(23)31(34)39)32(40)41-28(27(26)36)29(37)33(20-12-4-1-5-13-20,21-14-6-2-7-15-21)22-16-8-3-9-17-22/h1-19,25-29,32,35-37,40H/t25-,26+,27-,28-,29?,32-/m0/s1. The van der Waals surface area contributed by atoms with Crippen LogP contribution in [-0.4, -0.2) is 73.9 Å². The van der Waals surface area contributed by atoms with Gasteiger partial charge in [0, 0.05) is 0 Å². The van der Waals surface area contributed by atoms with Crippen LogP contribution < -0.4 is 0 Å². The van der Waals surface area contributed by atoms with Crippen LogP contribution in [0.3, 0.4) is 0 Å². The molecule has 8 heteroatoms. The van der Waals surface area contributed by atoms with Gasteiger partial charge in [-0.15, -0.1) is 0 Å². The van der Waals surface area contributed by atoms with Crippen LogP contribution in [0.4, 0.5) is 0 Å². The van der Waals surface area contributed by atoms with Gasteiger partial charge in [0.2, 0.25) is 0 Å². The molecule has 4 aromatic rings. The van der Waals surface area contributed by atoms with Gasteiger partial charge in [0.25, 0.3) is 11.8 Å². The Bertz CT molecular complexity index is 1410. The Labute approximate surface area is 236 Å². The number of aliphatic hydroxyl groups is 4. The van der Waals surface area contributed by atoms with Crippen LogP contribution in [0.5, 0.6) is 0 Å². The molecule has 2 aliphatic rings. The molecule has 0 aromatic heterocycles. The molecule has 2 aliphatic heterocycles. The lowest BCUT2D eigenvalue weighted by Gasteiger charge is -2.49. The second-order valence-corrected chi connectivity index (χ2v) is 10.3. The number of imide groups is 1. The number of fused-ring (bicyclic) bond motifs is 1. The van der Waals surface area contributed by atoms with Crippen LogP contribution >= 0.6 is 0 Å². The summed E-state index contributed by atoms with van der Waals surface area (Å²) in [5, 5.41) is 46.3. The first-order valence-electron chi connectivity index (χ1n) is 13.4. The van der Waals surface area contributed by atoms with Crippen molar-refractivity contribution in [2.24, 2.45) is 0 Å². The van der Waals surface area contributed by atoms with Crippen LogP contribution in [0.15, 0.2) is 115 Å². The van der Waals surface area contributed by atoms with E-state index in [0.717, 1.165) is 4.90 Å². The van der Waals surface area contributed by atoms with Gasteiger partial charge in [0.05, 0.1) is 16.5 Å². The van der Waals surface area contributed by atoms with Crippen LogP contribution in [0.1, 0.15) is 37.4 Å². The molecule has 4 N–H and O–H groups in total. The summed E-state index contributed by atoms with van der Waals surface area (Å²) in [6.45, 7) is 0. The minimum absolute atomic E-state index is 0.129. The third kappa shape index (κ3) is 4.20. The summed E-state index contributed by atoms with van der Waals surface area (Å²) in [4.78, 5) is 27.0. The van der Waals surface area contributed by atoms with E-state index in [1.54, 1.807) is 12.1 Å². The fraction of sp³-hybridized carbons (Fsp3) is 0.212. The van der Waals surface area contributed by atoms with Crippen molar-refractivity contribution in [1.82, 2.24) is 4.90 Å². The Kier molecular flexibility index (Phi) is 7.03. The summed E-state index contributed by atoms with van der Waals surface area (Å²) in [5.74, 6) is -1.42. The lowest BCUT2D eigenvalue weighted by atomic mass is 9.63. The van der Waals surface area contributed by atoms with Gasteiger partial charge in [-0.2, -0.15) is 0 Å². The van der Waals surface area contributed by atoms with E-state index < -0.39 is 54.0 Å². The summed E-state index contributed by atoms with van der Waals surface area (Å²) in [6.07, 6.45) is -8.56. The van der Waals surface area contributed by atoms with Gasteiger partial charge in [0.15, 0.2) is 6.29 Å². The van der Waals surface area contributed by atoms with E-state index in [2.05, 4.69) is 0 Å². The molecule has 8 nitrogen and oxygen atoms in total. The largest absolute Gasteiger partial charge is 0.389 e. The van der Waals surface area contributed by atoms with E-state index in [-0.39, 0.29) is 11.1 Å². The second kappa shape index (κ2) is 10.7. The molecule has 208 valence electrons. The normalized spacial score (nSPS) is 25.2. The average molecular weight is 552 g/mol. The van der Waals surface area contributed by atoms with E-state index in [0.29, 0.717) is 16.7 Å². The predicted molar refractivity (Wildman–Crippen MR) is 149 cm³/mol. The number of rotatable bonds is 6. The molecule has 6 rings (SSSR count). The van der Waals surface area contributed by atoms with Crippen LogP contribution in [0.25, 0.3) is 0 Å². The molecular formula is C33H29NO7. The molecule has 0 spiro atoms. The Balaban J connectivity index is 1.43. The van der Waals surface area contributed by atoms with Crippen molar-refractivity contribution in [3.8, 4) is 0 Å². The molecule has 4 aromatic carbocycles. The van der Waals surface area contributed by atoms with Gasteiger partial charge in [-0.3, -0.25) is 14.5 Å². The molecule has 2 amide bonds. The van der Waals surface area contributed by atoms with Gasteiger partial charge in [-0.05, 0) is 28.8 Å². The number of aliphatic hydroxyl groups excluding tert-OH is 4. The molecule has 6 atom stereocenters. The highest BCUT2D eigenvalue weighted by atomic mass is 16.6. The minimum atomic E-state index is -1.89. The van der Waals surface area contributed by atoms with E-state index in [4.69, 9.17) is 4.74 Å². The zero-order valence-electron chi connectivity index (χ0n) is 21.9. The number of carbonyl (C=O) groups is 2. The number of carbonyl (C=O) groups excluding carboxylic acids is 2. The molecule has 0 bridgehead atoms. The minimum Gasteiger partial charge on any atom is -0.389 e. The Morgan fingerprint density at radius 2 is 1.00 bits per heavy atom. The summed E-state index contributed by atoms with van der Waals surface area (Å²) in [7, 11) is 0. The second-order valence-electron chi connectivity index (χ2n) is 10.3. The molecule has 2 heterocycles. The Morgan fingerprint density at radius 3 is 1.41 bits per heavy atom. The predicted octanol–water partition coefficient (Wildman–Crippen LogP) is 2.49. The highest BCUT2D eigenvalue weighted by molar-refractivity contribution is 6.21. The lowest BCUT2D eigenvalue weighted by Crippen LogP contribution is -2.68. The third-order valence-corrected chi connectivity index (χ3v) is 8.19. The van der Waals surface area contributed by atoms with Crippen molar-refractivity contribution in [2.45, 2.75) is 42.2 Å². The summed E-state index contributed by atoms with van der Waals surface area (Å²) < 4.78 is 5.87. The summed E-state index contributed by atoms with van der Waals surface area (Å²) in [6, 6.07) is 32.3. The molecule has 0 aliphatic carbocycles. The average Bonchev–Trinajstić information content (AvgIpc) is 3.26. The maximum Gasteiger partial charge on any atom is 0.262 e. The number of hydrogen-bond donors (Lipinski definition) is 4. The molecule has 1 unspecified atom stereocenters. The fourth-order valence-corrected chi connectivity index (χ4v) is 6.27. The van der Waals surface area contributed by atoms with Crippen LogP contribution in [0.2, 0.25) is 0 Å². The Morgan fingerprint density at radius 1 is 0.610 bits per heavy atom. The van der Waals surface area contributed by atoms with Gasteiger partial charge < -0.3 is 25.2 Å². The number of benzene rings is 4. The number of nitrogens with zero attached hydrogens (tertiary/aromatic N) is 1. The zero-order valence-corrected chi connectivity index (χ0v) is 21.9. The van der Waals surface area contributed by atoms with Crippen molar-refractivity contribution in [3.63, 3.8) is 0 Å². The van der Waals surface area contributed by atoms with Crippen molar-refractivity contribution < 1.29 is 34.8 Å². The first-order chi connectivity index (χ1) is 19.9. The van der Waals surface area contributed by atoms with Crippen molar-refractivity contribution >= 4 is 11.8 Å². The molecule has 41 heavy (non-hydrogen) atoms. The lowest BCUT2D eigenvalue weighted by molar-refractivity contribution is -0.279. The smallest absolute Gasteiger partial charge is 0.262 e. The van der Waals surface area contributed by atoms with Gasteiger partial charge in [0.1, 0.15) is 30.5 Å². The third-order valence-electron chi connectivity index (χ3n) is 8.19. The van der Waals surface area contributed by atoms with E-state index in [1.165, 1.54) is 12.1 Å². The monoisotopic (exact) mass is 551 g/mol. The van der Waals surface area contributed by atoms with Crippen molar-refractivity contribution in [3.05, 3.63) is 143 Å². The summed E-state index contributed by atoms with van der Waals surface area (Å²) in [5.41, 5.74) is 1.01. The number of amides is 2. The SMILES string of the molecule is O=C1c2ccccc2C(=O)N1[C@H]1[C@@H](O)[C@H](O)[C@@H](C(O)C(c2ccccc2)(c2ccccc2)c2ccccc2)O[C@@H]1O. The maximum atomic E-state index is 13.1. The zero-order chi connectivity index (χ0) is 28.7. The van der Waals surface area contributed by atoms with Gasteiger partial charge in [-0.1, -0.05) is 103 Å².